The summed E-state index contributed by atoms with van der Waals surface area (Å²) in [7, 11) is 1.47. The minimum absolute atomic E-state index is 0.138. The maximum Gasteiger partial charge on any atom is 0.174 e. The lowest BCUT2D eigenvalue weighted by atomic mass is 9.86. The molecular formula is C24H19ClFN3O3. The van der Waals surface area contributed by atoms with Gasteiger partial charge >= 0.3 is 0 Å². The molecule has 6 nitrogen and oxygen atoms in total. The van der Waals surface area contributed by atoms with Crippen LogP contribution in [0.15, 0.2) is 72.9 Å². The molecule has 8 heteroatoms. The highest BCUT2D eigenvalue weighted by atomic mass is 35.5. The van der Waals surface area contributed by atoms with E-state index in [1.807, 2.05) is 12.1 Å². The van der Waals surface area contributed by atoms with E-state index < -0.39 is 11.7 Å². The summed E-state index contributed by atoms with van der Waals surface area (Å²) in [4.78, 5) is 13.4. The van der Waals surface area contributed by atoms with Crippen molar-refractivity contribution >= 4 is 17.4 Å². The van der Waals surface area contributed by atoms with Crippen molar-refractivity contribution < 1.29 is 19.0 Å². The van der Waals surface area contributed by atoms with E-state index in [-0.39, 0.29) is 23.5 Å². The Labute approximate surface area is 188 Å². The molecule has 3 aromatic carbocycles. The second-order valence-corrected chi connectivity index (χ2v) is 7.57. The Morgan fingerprint density at radius 2 is 1.91 bits per heavy atom. The van der Waals surface area contributed by atoms with Gasteiger partial charge in [-0.2, -0.15) is 0 Å². The first kappa shape index (κ1) is 21.5. The molecule has 4 aromatic rings. The van der Waals surface area contributed by atoms with Gasteiger partial charge in [-0.05, 0) is 42.0 Å². The Bertz CT molecular complexity index is 1260. The van der Waals surface area contributed by atoms with Gasteiger partial charge in [0, 0.05) is 12.5 Å². The third kappa shape index (κ3) is 4.48. The minimum atomic E-state index is -0.716. The number of aromatic nitrogens is 3. The van der Waals surface area contributed by atoms with Gasteiger partial charge in [-0.3, -0.25) is 4.79 Å². The maximum atomic E-state index is 13.5. The summed E-state index contributed by atoms with van der Waals surface area (Å²) in [5, 5.41) is 19.2. The molecule has 0 fully saturated rings. The number of aromatic hydroxyl groups is 1. The van der Waals surface area contributed by atoms with Crippen LogP contribution in [-0.4, -0.2) is 33.0 Å². The van der Waals surface area contributed by atoms with Crippen molar-refractivity contribution in [3.63, 3.8) is 0 Å². The summed E-state index contributed by atoms with van der Waals surface area (Å²) in [6, 6.07) is 17.4. The van der Waals surface area contributed by atoms with Crippen molar-refractivity contribution in [1.82, 2.24) is 15.0 Å². The van der Waals surface area contributed by atoms with Crippen molar-refractivity contribution in [2.45, 2.75) is 12.3 Å². The van der Waals surface area contributed by atoms with E-state index in [1.54, 1.807) is 36.5 Å². The van der Waals surface area contributed by atoms with Gasteiger partial charge in [0.15, 0.2) is 5.78 Å². The Kier molecular flexibility index (Phi) is 6.18. The van der Waals surface area contributed by atoms with E-state index in [2.05, 4.69) is 10.3 Å². The zero-order valence-corrected chi connectivity index (χ0v) is 17.8. The number of phenolic OH excluding ortho intramolecular Hbond substituents is 1. The molecule has 0 aliphatic heterocycles. The smallest absolute Gasteiger partial charge is 0.174 e. The van der Waals surface area contributed by atoms with E-state index in [0.29, 0.717) is 27.7 Å². The maximum absolute atomic E-state index is 13.5. The van der Waals surface area contributed by atoms with Crippen LogP contribution in [-0.2, 0) is 6.42 Å². The van der Waals surface area contributed by atoms with Crippen LogP contribution in [0.1, 0.15) is 27.5 Å². The molecule has 0 aliphatic rings. The van der Waals surface area contributed by atoms with E-state index in [9.17, 15) is 14.3 Å². The molecular weight excluding hydrogens is 433 g/mol. The van der Waals surface area contributed by atoms with Crippen molar-refractivity contribution in [2.24, 2.45) is 0 Å². The van der Waals surface area contributed by atoms with Gasteiger partial charge in [0.05, 0.1) is 41.2 Å². The monoisotopic (exact) mass is 451 g/mol. The number of phenols is 1. The van der Waals surface area contributed by atoms with E-state index in [0.717, 1.165) is 0 Å². The van der Waals surface area contributed by atoms with Gasteiger partial charge in [-0.25, -0.2) is 9.07 Å². The Balaban J connectivity index is 1.69. The van der Waals surface area contributed by atoms with Gasteiger partial charge in [-0.15, -0.1) is 5.10 Å². The van der Waals surface area contributed by atoms with Crippen molar-refractivity contribution in [3.05, 3.63) is 101 Å². The number of ether oxygens (including phenoxy) is 1. The number of halogens is 2. The summed E-state index contributed by atoms with van der Waals surface area (Å²) in [6.07, 6.45) is 1.89. The summed E-state index contributed by atoms with van der Waals surface area (Å²) < 4.78 is 20.1. The molecule has 1 N–H and O–H groups in total. The average molecular weight is 452 g/mol. The summed E-state index contributed by atoms with van der Waals surface area (Å²) in [6.45, 7) is 0. The van der Waals surface area contributed by atoms with Crippen LogP contribution in [0.4, 0.5) is 4.39 Å². The number of Topliss-reactive ketones (excluding diaryl/α,β-unsaturated/α-hetero) is 1. The Morgan fingerprint density at radius 3 is 2.59 bits per heavy atom. The highest BCUT2D eigenvalue weighted by Crippen LogP contribution is 2.31. The Morgan fingerprint density at radius 1 is 1.16 bits per heavy atom. The van der Waals surface area contributed by atoms with Gasteiger partial charge in [0.1, 0.15) is 17.3 Å². The molecule has 162 valence electrons. The lowest BCUT2D eigenvalue weighted by Crippen LogP contribution is -2.16. The van der Waals surface area contributed by atoms with Crippen LogP contribution in [0, 0.1) is 5.82 Å². The standard InChI is InChI=1S/C24H19ClFN3O3/c1-32-18-10-11-19(23(30)13-18)24(31)20(15-6-8-16(26)9-7-15)12-17-14-29(28-27-17)22-5-3-2-4-21(22)25/h2-11,13-14,20,30H,12H2,1H3. The van der Waals surface area contributed by atoms with Crippen molar-refractivity contribution in [2.75, 3.05) is 7.11 Å². The number of hydrogen-bond donors (Lipinski definition) is 1. The third-order valence-corrected chi connectivity index (χ3v) is 5.43. The highest BCUT2D eigenvalue weighted by molar-refractivity contribution is 6.32. The molecule has 1 heterocycles. The number of ketones is 1. The number of para-hydroxylation sites is 1. The first-order chi connectivity index (χ1) is 15.5. The molecule has 1 atom stereocenters. The largest absolute Gasteiger partial charge is 0.507 e. The quantitative estimate of drug-likeness (QED) is 0.401. The van der Waals surface area contributed by atoms with Crippen LogP contribution < -0.4 is 4.74 Å². The van der Waals surface area contributed by atoms with Crippen molar-refractivity contribution in [3.8, 4) is 17.2 Å². The highest BCUT2D eigenvalue weighted by Gasteiger charge is 2.26. The van der Waals surface area contributed by atoms with Crippen LogP contribution in [0.5, 0.6) is 11.5 Å². The normalized spacial score (nSPS) is 11.8. The molecule has 32 heavy (non-hydrogen) atoms. The van der Waals surface area contributed by atoms with Crippen molar-refractivity contribution in [1.29, 1.82) is 0 Å². The first-order valence-electron chi connectivity index (χ1n) is 9.79. The summed E-state index contributed by atoms with van der Waals surface area (Å²) >= 11 is 6.24. The molecule has 0 saturated heterocycles. The topological polar surface area (TPSA) is 77.2 Å². The molecule has 1 aromatic heterocycles. The molecule has 0 bridgehead atoms. The fourth-order valence-corrected chi connectivity index (χ4v) is 3.67. The molecule has 4 rings (SSSR count). The lowest BCUT2D eigenvalue weighted by Gasteiger charge is -2.16. The minimum Gasteiger partial charge on any atom is -0.507 e. The fraction of sp³-hybridized carbons (Fsp3) is 0.125. The zero-order chi connectivity index (χ0) is 22.7. The number of rotatable bonds is 7. The van der Waals surface area contributed by atoms with E-state index in [1.165, 1.54) is 36.1 Å². The van der Waals surface area contributed by atoms with Crippen LogP contribution in [0.3, 0.4) is 0 Å². The third-order valence-electron chi connectivity index (χ3n) is 5.11. The molecule has 0 spiro atoms. The Hall–Kier alpha value is -3.71. The number of carbonyl (C=O) groups is 1. The van der Waals surface area contributed by atoms with Gasteiger partial charge in [-0.1, -0.05) is 41.1 Å². The molecule has 0 radical (unpaired) electrons. The SMILES string of the molecule is COc1ccc(C(=O)C(Cc2cn(-c3ccccc3Cl)nn2)c2ccc(F)cc2)c(O)c1. The van der Waals surface area contributed by atoms with Gasteiger partial charge < -0.3 is 9.84 Å². The number of methoxy groups -OCH3 is 1. The predicted octanol–water partition coefficient (Wildman–Crippen LogP) is 4.98. The number of carbonyl (C=O) groups excluding carboxylic acids is 1. The number of benzene rings is 3. The predicted molar refractivity (Wildman–Crippen MR) is 118 cm³/mol. The molecule has 0 saturated carbocycles. The number of hydrogen-bond acceptors (Lipinski definition) is 5. The number of nitrogens with zero attached hydrogens (tertiary/aromatic N) is 3. The first-order valence-corrected chi connectivity index (χ1v) is 10.2. The summed E-state index contributed by atoms with van der Waals surface area (Å²) in [5.41, 5.74) is 1.93. The lowest BCUT2D eigenvalue weighted by molar-refractivity contribution is 0.0955. The fourth-order valence-electron chi connectivity index (χ4n) is 3.45. The van der Waals surface area contributed by atoms with Crippen LogP contribution in [0.2, 0.25) is 5.02 Å². The van der Waals surface area contributed by atoms with Crippen LogP contribution >= 0.6 is 11.6 Å². The van der Waals surface area contributed by atoms with E-state index >= 15 is 0 Å². The molecule has 0 aliphatic carbocycles. The van der Waals surface area contributed by atoms with Gasteiger partial charge in [0.25, 0.3) is 0 Å². The second kappa shape index (κ2) is 9.20. The van der Waals surface area contributed by atoms with Crippen LogP contribution in [0.25, 0.3) is 5.69 Å². The molecule has 1 unspecified atom stereocenters. The van der Waals surface area contributed by atoms with Gasteiger partial charge in [0.2, 0.25) is 0 Å². The zero-order valence-electron chi connectivity index (χ0n) is 17.1. The summed E-state index contributed by atoms with van der Waals surface area (Å²) in [5.74, 6) is -1.21. The van der Waals surface area contributed by atoms with E-state index in [4.69, 9.17) is 16.3 Å². The molecule has 0 amide bonds. The second-order valence-electron chi connectivity index (χ2n) is 7.16. The average Bonchev–Trinajstić information content (AvgIpc) is 3.26.